The normalized spacial score (nSPS) is 7.20. The molecule has 0 amide bonds. The number of Topliss-reactive ketones (excluding diaryl/α,β-unsaturated/α-hetero) is 1. The highest BCUT2D eigenvalue weighted by atomic mass is 16.1. The quantitative estimate of drug-likeness (QED) is 0.325. The summed E-state index contributed by atoms with van der Waals surface area (Å²) >= 11 is 0. The van der Waals surface area contributed by atoms with Crippen molar-refractivity contribution in [2.24, 2.45) is 10.2 Å². The van der Waals surface area contributed by atoms with Crippen LogP contribution in [0.5, 0.6) is 0 Å². The number of hydrogen-bond donors (Lipinski definition) is 0. The van der Waals surface area contributed by atoms with Gasteiger partial charge in [0.25, 0.3) is 0 Å². The molecule has 0 unspecified atom stereocenters. The number of carbonyl (C=O) groups excluding carboxylic acids is 1. The van der Waals surface area contributed by atoms with E-state index in [1.807, 2.05) is 0 Å². The van der Waals surface area contributed by atoms with Crippen molar-refractivity contribution in [3.05, 3.63) is 20.9 Å². The van der Waals surface area contributed by atoms with Gasteiger partial charge in [-0.25, -0.2) is 0 Å². The lowest BCUT2D eigenvalue weighted by atomic mass is 10.4. The summed E-state index contributed by atoms with van der Waals surface area (Å²) in [4.78, 5) is 15.1. The molecule has 0 aliphatic carbocycles. The third-order valence-electron chi connectivity index (χ3n) is 0.621. The number of nitrogens with zero attached hydrogens (tertiary/aromatic N) is 6. The Bertz CT molecular complexity index is 187. The van der Waals surface area contributed by atoms with E-state index in [0.29, 0.717) is 0 Å². The fourth-order valence-electron chi connectivity index (χ4n) is 0.271. The molecule has 7 nitrogen and oxygen atoms in total. The van der Waals surface area contributed by atoms with E-state index >= 15 is 0 Å². The van der Waals surface area contributed by atoms with Crippen LogP contribution in [0.2, 0.25) is 0 Å². The van der Waals surface area contributed by atoms with Crippen LogP contribution in [0.3, 0.4) is 0 Å². The summed E-state index contributed by atoms with van der Waals surface area (Å²) in [5.74, 6) is -0.393. The van der Waals surface area contributed by atoms with Gasteiger partial charge in [0.1, 0.15) is 5.78 Å². The third kappa shape index (κ3) is 4.45. The summed E-state index contributed by atoms with van der Waals surface area (Å²) < 4.78 is 0. The molecule has 0 aromatic rings. The smallest absolute Gasteiger partial charge is 0.144 e. The maximum Gasteiger partial charge on any atom is 0.144 e. The molecule has 0 atom stereocenters. The molecule has 0 bridgehead atoms. The molecule has 0 aliphatic heterocycles. The molecule has 10 heavy (non-hydrogen) atoms. The first-order valence-electron chi connectivity index (χ1n) is 2.34. The molecule has 0 fully saturated rings. The van der Waals surface area contributed by atoms with Gasteiger partial charge in [0.05, 0.1) is 13.1 Å². The van der Waals surface area contributed by atoms with Crippen molar-refractivity contribution in [1.29, 1.82) is 0 Å². The van der Waals surface area contributed by atoms with Crippen molar-refractivity contribution < 1.29 is 4.79 Å². The summed E-state index contributed by atoms with van der Waals surface area (Å²) in [6.45, 7) is -0.509. The molecule has 0 rings (SSSR count). The lowest BCUT2D eigenvalue weighted by molar-refractivity contribution is -0.116. The fraction of sp³-hybridized carbons (Fsp3) is 0.667. The van der Waals surface area contributed by atoms with Crippen LogP contribution < -0.4 is 0 Å². The van der Waals surface area contributed by atoms with Gasteiger partial charge in [0.15, 0.2) is 0 Å². The van der Waals surface area contributed by atoms with Crippen LogP contribution in [-0.4, -0.2) is 18.9 Å². The summed E-state index contributed by atoms with van der Waals surface area (Å²) in [5, 5.41) is 5.94. The van der Waals surface area contributed by atoms with Gasteiger partial charge in [-0.15, -0.1) is 0 Å². The van der Waals surface area contributed by atoms with Gasteiger partial charge in [-0.1, -0.05) is 10.2 Å². The van der Waals surface area contributed by atoms with E-state index in [0.717, 1.165) is 0 Å². The zero-order valence-electron chi connectivity index (χ0n) is 5.01. The van der Waals surface area contributed by atoms with Gasteiger partial charge in [-0.2, -0.15) is 0 Å². The van der Waals surface area contributed by atoms with E-state index in [1.165, 1.54) is 0 Å². The van der Waals surface area contributed by atoms with Crippen molar-refractivity contribution in [2.75, 3.05) is 13.1 Å². The highest BCUT2D eigenvalue weighted by Crippen LogP contribution is 1.78. The van der Waals surface area contributed by atoms with E-state index in [-0.39, 0.29) is 13.1 Å². The molecule has 0 N–H and O–H groups in total. The first-order chi connectivity index (χ1) is 4.81. The number of ketones is 1. The molecule has 7 heteroatoms. The average molecular weight is 140 g/mol. The zero-order valence-corrected chi connectivity index (χ0v) is 5.01. The predicted octanol–water partition coefficient (Wildman–Crippen LogP) is 1.18. The van der Waals surface area contributed by atoms with E-state index in [9.17, 15) is 4.79 Å². The average Bonchev–Trinajstić information content (AvgIpc) is 1.97. The number of hydrogen-bond acceptors (Lipinski definition) is 3. The largest absolute Gasteiger partial charge is 0.299 e. The third-order valence-corrected chi connectivity index (χ3v) is 0.621. The van der Waals surface area contributed by atoms with Gasteiger partial charge in [0, 0.05) is 9.82 Å². The summed E-state index contributed by atoms with van der Waals surface area (Å²) in [7, 11) is 0. The van der Waals surface area contributed by atoms with Crippen LogP contribution in [0.1, 0.15) is 0 Å². The molecule has 0 saturated heterocycles. The number of rotatable bonds is 4. The van der Waals surface area contributed by atoms with Crippen LogP contribution in [0, 0.1) is 0 Å². The van der Waals surface area contributed by atoms with Crippen LogP contribution in [0.15, 0.2) is 10.2 Å². The van der Waals surface area contributed by atoms with Gasteiger partial charge < -0.3 is 0 Å². The SMILES string of the molecule is [N-]=[N+]=NCC(=O)CN=[N+]=[N-]. The Hall–Kier alpha value is -1.71. The Morgan fingerprint density at radius 3 is 1.90 bits per heavy atom. The van der Waals surface area contributed by atoms with Crippen molar-refractivity contribution in [1.82, 2.24) is 0 Å². The second kappa shape index (κ2) is 5.43. The van der Waals surface area contributed by atoms with E-state index in [2.05, 4.69) is 20.1 Å². The Kier molecular flexibility index (Phi) is 4.50. The van der Waals surface area contributed by atoms with Crippen molar-refractivity contribution in [3.63, 3.8) is 0 Å². The van der Waals surface area contributed by atoms with E-state index in [1.54, 1.807) is 0 Å². The Morgan fingerprint density at radius 2 is 1.60 bits per heavy atom. The van der Waals surface area contributed by atoms with Crippen molar-refractivity contribution in [3.8, 4) is 0 Å². The zero-order chi connectivity index (χ0) is 7.82. The maximum absolute atomic E-state index is 10.4. The van der Waals surface area contributed by atoms with Gasteiger partial charge >= 0.3 is 0 Å². The minimum Gasteiger partial charge on any atom is -0.299 e. The predicted molar refractivity (Wildman–Crippen MR) is 33.0 cm³/mol. The molecule has 0 saturated carbocycles. The van der Waals surface area contributed by atoms with Crippen LogP contribution in [-0.2, 0) is 4.79 Å². The summed E-state index contributed by atoms with van der Waals surface area (Å²) in [5.41, 5.74) is 15.5. The molecule has 0 spiro atoms. The van der Waals surface area contributed by atoms with Crippen LogP contribution in [0.4, 0.5) is 0 Å². The summed E-state index contributed by atoms with van der Waals surface area (Å²) in [6, 6.07) is 0. The Morgan fingerprint density at radius 1 is 1.20 bits per heavy atom. The topological polar surface area (TPSA) is 115 Å². The second-order valence-electron chi connectivity index (χ2n) is 1.32. The first-order valence-corrected chi connectivity index (χ1v) is 2.34. The fourth-order valence-corrected chi connectivity index (χ4v) is 0.271. The standard InChI is InChI=1S/C3H4N6O/c4-8-6-1-3(10)2-7-9-5/h1-2H2. The lowest BCUT2D eigenvalue weighted by Gasteiger charge is -1.83. The Balaban J connectivity index is 3.63. The van der Waals surface area contributed by atoms with Gasteiger partial charge in [0.2, 0.25) is 0 Å². The molecule has 52 valence electrons. The van der Waals surface area contributed by atoms with E-state index < -0.39 is 5.78 Å². The summed E-state index contributed by atoms with van der Waals surface area (Å²) in [6.07, 6.45) is 0. The lowest BCUT2D eigenvalue weighted by Crippen LogP contribution is -2.04. The van der Waals surface area contributed by atoms with Crippen LogP contribution in [0.25, 0.3) is 20.9 Å². The van der Waals surface area contributed by atoms with E-state index in [4.69, 9.17) is 11.1 Å². The molecule has 0 heterocycles. The van der Waals surface area contributed by atoms with Gasteiger partial charge in [-0.05, 0) is 11.1 Å². The Labute approximate surface area is 55.9 Å². The van der Waals surface area contributed by atoms with Crippen LogP contribution >= 0.6 is 0 Å². The highest BCUT2D eigenvalue weighted by molar-refractivity contribution is 5.82. The van der Waals surface area contributed by atoms with Crippen molar-refractivity contribution in [2.45, 2.75) is 0 Å². The molecule has 0 aromatic carbocycles. The molecule has 0 aliphatic rings. The molecular weight excluding hydrogens is 136 g/mol. The molecular formula is C3H4N6O. The van der Waals surface area contributed by atoms with Gasteiger partial charge in [-0.3, -0.25) is 4.79 Å². The monoisotopic (exact) mass is 140 g/mol. The number of azide groups is 2. The first kappa shape index (κ1) is 8.29. The minimum atomic E-state index is -0.393. The maximum atomic E-state index is 10.4. The second-order valence-corrected chi connectivity index (χ2v) is 1.32. The highest BCUT2D eigenvalue weighted by Gasteiger charge is 1.94. The molecule has 0 radical (unpaired) electrons. The van der Waals surface area contributed by atoms with Crippen molar-refractivity contribution >= 4 is 5.78 Å². The minimum absolute atomic E-state index is 0.254. The molecule has 0 aromatic heterocycles. The number of carbonyl (C=O) groups is 1.